The number of hydrogen-bond donors (Lipinski definition) is 1. The van der Waals surface area contributed by atoms with Gasteiger partial charge in [-0.05, 0) is 48.2 Å². The normalized spacial score (nSPS) is 15.6. The van der Waals surface area contributed by atoms with Crippen molar-refractivity contribution in [3.63, 3.8) is 0 Å². The number of aromatic nitrogens is 2. The van der Waals surface area contributed by atoms with Crippen molar-refractivity contribution in [1.29, 1.82) is 0 Å². The summed E-state index contributed by atoms with van der Waals surface area (Å²) in [5.74, 6) is 0.707. The molecule has 0 fully saturated rings. The molecule has 5 nitrogen and oxygen atoms in total. The highest BCUT2D eigenvalue weighted by Crippen LogP contribution is 2.40. The summed E-state index contributed by atoms with van der Waals surface area (Å²) < 4.78 is 7.38. The summed E-state index contributed by atoms with van der Waals surface area (Å²) in [7, 11) is 1.64. The third-order valence-corrected chi connectivity index (χ3v) is 5.38. The fraction of sp³-hybridized carbons (Fsp3) is 0.273. The van der Waals surface area contributed by atoms with Gasteiger partial charge in [0.25, 0.3) is 5.91 Å². The van der Waals surface area contributed by atoms with E-state index in [1.165, 1.54) is 0 Å². The van der Waals surface area contributed by atoms with Crippen LogP contribution in [0.2, 0.25) is 5.02 Å². The largest absolute Gasteiger partial charge is 0.494 e. The number of carbonyl (C=O) groups is 1. The minimum absolute atomic E-state index is 0.156. The van der Waals surface area contributed by atoms with Crippen molar-refractivity contribution in [2.45, 2.75) is 32.7 Å². The van der Waals surface area contributed by atoms with Crippen molar-refractivity contribution in [2.24, 2.45) is 0 Å². The quantitative estimate of drug-likeness (QED) is 0.690. The number of benzene rings is 2. The first-order chi connectivity index (χ1) is 13.4. The molecule has 6 heteroatoms. The molecule has 0 radical (unpaired) electrons. The van der Waals surface area contributed by atoms with Gasteiger partial charge in [0.05, 0.1) is 18.8 Å². The summed E-state index contributed by atoms with van der Waals surface area (Å²) >= 11 is 6.13. The molecule has 1 amide bonds. The average molecular weight is 396 g/mol. The van der Waals surface area contributed by atoms with Gasteiger partial charge in [-0.25, -0.2) is 4.68 Å². The molecular formula is C22H22ClN3O2. The molecular weight excluding hydrogens is 374 g/mol. The van der Waals surface area contributed by atoms with Crippen LogP contribution >= 0.6 is 11.6 Å². The van der Waals surface area contributed by atoms with Crippen LogP contribution in [0.4, 0.5) is 0 Å². The highest BCUT2D eigenvalue weighted by molar-refractivity contribution is 6.30. The summed E-state index contributed by atoms with van der Waals surface area (Å²) in [6, 6.07) is 13.2. The third kappa shape index (κ3) is 2.87. The fourth-order valence-corrected chi connectivity index (χ4v) is 4.13. The molecule has 0 spiro atoms. The maximum atomic E-state index is 12.8. The minimum atomic E-state index is -0.249. The average Bonchev–Trinajstić information content (AvgIpc) is 3.20. The molecule has 0 saturated heterocycles. The molecule has 1 aliphatic rings. The summed E-state index contributed by atoms with van der Waals surface area (Å²) in [5, 5.41) is 8.46. The first-order valence-corrected chi connectivity index (χ1v) is 9.63. The van der Waals surface area contributed by atoms with Gasteiger partial charge in [0.2, 0.25) is 0 Å². The topological polar surface area (TPSA) is 56.1 Å². The molecule has 0 saturated carbocycles. The van der Waals surface area contributed by atoms with Gasteiger partial charge in [0.15, 0.2) is 5.69 Å². The van der Waals surface area contributed by atoms with Crippen LogP contribution in [0.15, 0.2) is 42.5 Å². The van der Waals surface area contributed by atoms with E-state index >= 15 is 0 Å². The Bertz CT molecular complexity index is 1070. The van der Waals surface area contributed by atoms with E-state index in [1.54, 1.807) is 7.11 Å². The Morgan fingerprint density at radius 2 is 1.96 bits per heavy atom. The van der Waals surface area contributed by atoms with Gasteiger partial charge >= 0.3 is 0 Å². The van der Waals surface area contributed by atoms with Crippen LogP contribution in [0.1, 0.15) is 58.7 Å². The highest BCUT2D eigenvalue weighted by atomic mass is 35.5. The van der Waals surface area contributed by atoms with Gasteiger partial charge in [-0.15, -0.1) is 0 Å². The van der Waals surface area contributed by atoms with Crippen LogP contribution in [0.25, 0.3) is 5.69 Å². The van der Waals surface area contributed by atoms with Gasteiger partial charge in [-0.3, -0.25) is 4.79 Å². The number of nitrogens with one attached hydrogen (secondary N) is 1. The zero-order valence-electron chi connectivity index (χ0n) is 16.3. The van der Waals surface area contributed by atoms with Gasteiger partial charge in [-0.1, -0.05) is 43.6 Å². The Balaban J connectivity index is 1.95. The molecule has 0 aliphatic carbocycles. The second kappa shape index (κ2) is 6.99. The lowest BCUT2D eigenvalue weighted by atomic mass is 9.93. The van der Waals surface area contributed by atoms with Gasteiger partial charge < -0.3 is 10.1 Å². The first-order valence-electron chi connectivity index (χ1n) is 9.25. The van der Waals surface area contributed by atoms with Crippen LogP contribution in [-0.4, -0.2) is 22.8 Å². The molecule has 1 atom stereocenters. The number of para-hydroxylation sites is 2. The highest BCUT2D eigenvalue weighted by Gasteiger charge is 2.38. The Kier molecular flexibility index (Phi) is 4.63. The molecule has 1 N–H and O–H groups in total. The molecule has 144 valence electrons. The lowest BCUT2D eigenvalue weighted by molar-refractivity contribution is 0.0955. The van der Waals surface area contributed by atoms with E-state index in [4.69, 9.17) is 21.4 Å². The molecule has 28 heavy (non-hydrogen) atoms. The first kappa shape index (κ1) is 18.6. The van der Waals surface area contributed by atoms with Crippen LogP contribution in [0.3, 0.4) is 0 Å². The standard InChI is InChI=1S/C22H22ClN3O2/c1-12(2)21-18-19(15-10-9-14(23)11-13(15)3)24-22(27)20(18)25-26(21)16-7-5-6-8-17(16)28-4/h5-12,19H,1-4H3,(H,24,27). The van der Waals surface area contributed by atoms with Crippen molar-refractivity contribution in [3.8, 4) is 11.4 Å². The van der Waals surface area contributed by atoms with Crippen molar-refractivity contribution >= 4 is 17.5 Å². The monoisotopic (exact) mass is 395 g/mol. The summed E-state index contributed by atoms with van der Waals surface area (Å²) in [6.07, 6.45) is 0. The zero-order valence-corrected chi connectivity index (χ0v) is 17.0. The number of halogens is 1. The number of methoxy groups -OCH3 is 1. The smallest absolute Gasteiger partial charge is 0.272 e. The predicted molar refractivity (Wildman–Crippen MR) is 110 cm³/mol. The van der Waals surface area contributed by atoms with E-state index < -0.39 is 0 Å². The van der Waals surface area contributed by atoms with E-state index in [2.05, 4.69) is 19.2 Å². The lowest BCUT2D eigenvalue weighted by Crippen LogP contribution is -2.23. The van der Waals surface area contributed by atoms with Crippen LogP contribution < -0.4 is 10.1 Å². The van der Waals surface area contributed by atoms with Crippen molar-refractivity contribution in [1.82, 2.24) is 15.1 Å². The van der Waals surface area contributed by atoms with E-state index in [1.807, 2.05) is 54.1 Å². The van der Waals surface area contributed by atoms with Gasteiger partial charge in [0.1, 0.15) is 11.4 Å². The van der Waals surface area contributed by atoms with Gasteiger partial charge in [0, 0.05) is 10.6 Å². The Hall–Kier alpha value is -2.79. The molecule has 1 aromatic heterocycles. The molecule has 3 aromatic rings. The number of aryl methyl sites for hydroxylation is 1. The van der Waals surface area contributed by atoms with E-state index in [0.717, 1.165) is 28.1 Å². The van der Waals surface area contributed by atoms with Crippen molar-refractivity contribution in [3.05, 3.63) is 75.6 Å². The number of hydrogen-bond acceptors (Lipinski definition) is 3. The lowest BCUT2D eigenvalue weighted by Gasteiger charge is -2.20. The molecule has 4 rings (SSSR count). The van der Waals surface area contributed by atoms with E-state index in [0.29, 0.717) is 16.5 Å². The summed E-state index contributed by atoms with van der Waals surface area (Å²) in [5.41, 5.74) is 5.27. The van der Waals surface area contributed by atoms with Crippen molar-refractivity contribution in [2.75, 3.05) is 7.11 Å². The third-order valence-electron chi connectivity index (χ3n) is 5.14. The Morgan fingerprint density at radius 1 is 1.21 bits per heavy atom. The summed E-state index contributed by atoms with van der Waals surface area (Å²) in [6.45, 7) is 6.22. The molecule has 1 unspecified atom stereocenters. The molecule has 0 bridgehead atoms. The fourth-order valence-electron chi connectivity index (χ4n) is 3.91. The van der Waals surface area contributed by atoms with Crippen LogP contribution in [0, 0.1) is 6.92 Å². The maximum absolute atomic E-state index is 12.8. The Morgan fingerprint density at radius 3 is 2.64 bits per heavy atom. The Labute approximate surface area is 169 Å². The molecule has 2 aromatic carbocycles. The number of fused-ring (bicyclic) bond motifs is 1. The van der Waals surface area contributed by atoms with Crippen LogP contribution in [-0.2, 0) is 0 Å². The second-order valence-electron chi connectivity index (χ2n) is 7.29. The number of carbonyl (C=O) groups excluding carboxylic acids is 1. The van der Waals surface area contributed by atoms with E-state index in [-0.39, 0.29) is 17.9 Å². The predicted octanol–water partition coefficient (Wildman–Crippen LogP) is 4.80. The number of ether oxygens (including phenoxy) is 1. The minimum Gasteiger partial charge on any atom is -0.494 e. The maximum Gasteiger partial charge on any atom is 0.272 e. The number of rotatable bonds is 4. The van der Waals surface area contributed by atoms with E-state index in [9.17, 15) is 4.79 Å². The number of nitrogens with zero attached hydrogens (tertiary/aromatic N) is 2. The zero-order chi connectivity index (χ0) is 20.0. The second-order valence-corrected chi connectivity index (χ2v) is 7.73. The molecule has 1 aliphatic heterocycles. The molecule has 2 heterocycles. The van der Waals surface area contributed by atoms with Crippen molar-refractivity contribution < 1.29 is 9.53 Å². The van der Waals surface area contributed by atoms with Gasteiger partial charge in [-0.2, -0.15) is 5.10 Å². The number of amides is 1. The van der Waals surface area contributed by atoms with Crippen LogP contribution in [0.5, 0.6) is 5.75 Å². The SMILES string of the molecule is COc1ccccc1-n1nc2c(c1C(C)C)C(c1ccc(Cl)cc1C)NC2=O. The summed E-state index contributed by atoms with van der Waals surface area (Å²) in [4.78, 5) is 12.8.